The highest BCUT2D eigenvalue weighted by Crippen LogP contribution is 2.10. The molecular formula is C14H24IN3O. The van der Waals surface area contributed by atoms with Gasteiger partial charge in [-0.2, -0.15) is 4.98 Å². The maximum absolute atomic E-state index is 11.6. The number of aromatic nitrogens is 2. The number of rotatable bonds is 9. The summed E-state index contributed by atoms with van der Waals surface area (Å²) in [5.41, 5.74) is 5.36. The van der Waals surface area contributed by atoms with Crippen LogP contribution in [0.3, 0.4) is 0 Å². The molecule has 0 amide bonds. The van der Waals surface area contributed by atoms with Crippen molar-refractivity contribution in [2.45, 2.75) is 64.8 Å². The Morgan fingerprint density at radius 2 is 1.74 bits per heavy atom. The lowest BCUT2D eigenvalue weighted by atomic mass is 10.1. The number of nitrogens with zero attached hydrogens (tertiary/aromatic N) is 2. The fraction of sp³-hybridized carbons (Fsp3) is 0.714. The molecule has 5 heteroatoms. The Balaban J connectivity index is 2.19. The highest BCUT2D eigenvalue weighted by atomic mass is 127. The van der Waals surface area contributed by atoms with Gasteiger partial charge in [0, 0.05) is 12.7 Å². The van der Waals surface area contributed by atoms with E-state index in [2.05, 4.69) is 34.5 Å². The Hall–Kier alpha value is -0.590. The minimum Gasteiger partial charge on any atom is -0.383 e. The first-order valence-electron chi connectivity index (χ1n) is 7.17. The van der Waals surface area contributed by atoms with Crippen molar-refractivity contribution >= 4 is 28.4 Å². The van der Waals surface area contributed by atoms with Gasteiger partial charge in [-0.05, 0) is 29.0 Å². The fourth-order valence-electron chi connectivity index (χ4n) is 2.06. The van der Waals surface area contributed by atoms with E-state index in [1.165, 1.54) is 44.9 Å². The van der Waals surface area contributed by atoms with E-state index >= 15 is 0 Å². The summed E-state index contributed by atoms with van der Waals surface area (Å²) < 4.78 is 2.51. The highest BCUT2D eigenvalue weighted by molar-refractivity contribution is 14.1. The summed E-state index contributed by atoms with van der Waals surface area (Å²) in [6.07, 6.45) is 11.9. The van der Waals surface area contributed by atoms with E-state index in [-0.39, 0.29) is 5.69 Å². The zero-order valence-electron chi connectivity index (χ0n) is 11.7. The van der Waals surface area contributed by atoms with Crippen LogP contribution in [0.5, 0.6) is 0 Å². The normalized spacial score (nSPS) is 10.8. The van der Waals surface area contributed by atoms with E-state index in [4.69, 9.17) is 5.73 Å². The molecule has 4 nitrogen and oxygen atoms in total. The van der Waals surface area contributed by atoms with Gasteiger partial charge in [0.2, 0.25) is 0 Å². The molecule has 0 aromatic carbocycles. The van der Waals surface area contributed by atoms with Gasteiger partial charge in [0.1, 0.15) is 5.82 Å². The molecule has 19 heavy (non-hydrogen) atoms. The number of unbranched alkanes of at least 4 members (excludes halogenated alkanes) is 7. The Morgan fingerprint density at radius 1 is 1.16 bits per heavy atom. The van der Waals surface area contributed by atoms with Crippen molar-refractivity contribution in [3.63, 3.8) is 0 Å². The largest absolute Gasteiger partial charge is 0.383 e. The molecule has 0 saturated heterocycles. The first-order valence-corrected chi connectivity index (χ1v) is 8.25. The van der Waals surface area contributed by atoms with Crippen LogP contribution in [0.4, 0.5) is 5.82 Å². The van der Waals surface area contributed by atoms with Crippen LogP contribution >= 0.6 is 22.6 Å². The SMILES string of the molecule is CCCCCCCCCCn1cc(I)c(N)nc1=O. The lowest BCUT2D eigenvalue weighted by Gasteiger charge is -2.06. The van der Waals surface area contributed by atoms with E-state index in [0.29, 0.717) is 5.82 Å². The average molecular weight is 377 g/mol. The first-order chi connectivity index (χ1) is 9.15. The monoisotopic (exact) mass is 377 g/mol. The number of anilines is 1. The molecule has 0 radical (unpaired) electrons. The van der Waals surface area contributed by atoms with Gasteiger partial charge in [0.15, 0.2) is 0 Å². The van der Waals surface area contributed by atoms with E-state index in [1.807, 2.05) is 0 Å². The molecule has 1 aromatic heterocycles. The lowest BCUT2D eigenvalue weighted by molar-refractivity contribution is 0.532. The second kappa shape index (κ2) is 9.34. The molecule has 108 valence electrons. The van der Waals surface area contributed by atoms with Crippen molar-refractivity contribution in [1.82, 2.24) is 9.55 Å². The van der Waals surface area contributed by atoms with Crippen LogP contribution in [-0.2, 0) is 6.54 Å². The Bertz CT molecular complexity index is 431. The van der Waals surface area contributed by atoms with Crippen LogP contribution in [0, 0.1) is 3.57 Å². The van der Waals surface area contributed by atoms with Crippen LogP contribution in [0.15, 0.2) is 11.0 Å². The van der Waals surface area contributed by atoms with Gasteiger partial charge < -0.3 is 5.73 Å². The lowest BCUT2D eigenvalue weighted by Crippen LogP contribution is -2.24. The van der Waals surface area contributed by atoms with Gasteiger partial charge in [-0.1, -0.05) is 51.9 Å². The number of nitrogens with two attached hydrogens (primary N) is 1. The van der Waals surface area contributed by atoms with Crippen LogP contribution in [0.25, 0.3) is 0 Å². The Morgan fingerprint density at radius 3 is 2.37 bits per heavy atom. The van der Waals surface area contributed by atoms with Crippen molar-refractivity contribution in [3.8, 4) is 0 Å². The Labute approximate surface area is 128 Å². The second-order valence-electron chi connectivity index (χ2n) is 4.92. The van der Waals surface area contributed by atoms with Gasteiger partial charge in [-0.3, -0.25) is 4.57 Å². The molecular weight excluding hydrogens is 353 g/mol. The molecule has 1 heterocycles. The summed E-state index contributed by atoms with van der Waals surface area (Å²) in [6.45, 7) is 2.98. The third-order valence-corrected chi connectivity index (χ3v) is 4.06. The molecule has 1 rings (SSSR count). The first kappa shape index (κ1) is 16.5. The topological polar surface area (TPSA) is 60.9 Å². The van der Waals surface area contributed by atoms with Crippen LogP contribution < -0.4 is 11.4 Å². The van der Waals surface area contributed by atoms with Crippen LogP contribution in [0.2, 0.25) is 0 Å². The van der Waals surface area contributed by atoms with Crippen molar-refractivity contribution in [2.75, 3.05) is 5.73 Å². The van der Waals surface area contributed by atoms with E-state index in [0.717, 1.165) is 16.5 Å². The molecule has 0 atom stereocenters. The smallest absolute Gasteiger partial charge is 0.349 e. The summed E-state index contributed by atoms with van der Waals surface area (Å²) in [7, 11) is 0. The zero-order valence-corrected chi connectivity index (χ0v) is 13.9. The van der Waals surface area contributed by atoms with Gasteiger partial charge >= 0.3 is 5.69 Å². The van der Waals surface area contributed by atoms with Crippen LogP contribution in [-0.4, -0.2) is 9.55 Å². The Kier molecular flexibility index (Phi) is 8.09. The minimum atomic E-state index is -0.235. The third kappa shape index (κ3) is 6.40. The molecule has 0 aliphatic heterocycles. The summed E-state index contributed by atoms with van der Waals surface area (Å²) in [5, 5.41) is 0. The molecule has 0 aliphatic rings. The molecule has 0 unspecified atom stereocenters. The predicted octanol–water partition coefficient (Wildman–Crippen LogP) is 3.57. The number of hydrogen-bond acceptors (Lipinski definition) is 3. The van der Waals surface area contributed by atoms with Gasteiger partial charge in [-0.15, -0.1) is 0 Å². The molecule has 0 bridgehead atoms. The number of nitrogen functional groups attached to an aromatic ring is 1. The molecule has 0 spiro atoms. The number of hydrogen-bond donors (Lipinski definition) is 1. The molecule has 1 aromatic rings. The summed E-state index contributed by atoms with van der Waals surface area (Å²) in [4.78, 5) is 15.4. The predicted molar refractivity (Wildman–Crippen MR) is 88.2 cm³/mol. The standard InChI is InChI=1S/C14H24IN3O/c1-2-3-4-5-6-7-8-9-10-18-11-12(15)13(16)17-14(18)19/h11H,2-10H2,1H3,(H2,16,17,19). The molecule has 2 N–H and O–H groups in total. The van der Waals surface area contributed by atoms with Gasteiger partial charge in [-0.25, -0.2) is 4.79 Å². The summed E-state index contributed by atoms with van der Waals surface area (Å²) >= 11 is 2.11. The number of aryl methyl sites for hydroxylation is 1. The van der Waals surface area contributed by atoms with Gasteiger partial charge in [0.25, 0.3) is 0 Å². The second-order valence-corrected chi connectivity index (χ2v) is 6.09. The third-order valence-electron chi connectivity index (χ3n) is 3.23. The summed E-state index contributed by atoms with van der Waals surface area (Å²) in [6, 6.07) is 0. The highest BCUT2D eigenvalue weighted by Gasteiger charge is 2.02. The quantitative estimate of drug-likeness (QED) is 0.529. The fourth-order valence-corrected chi connectivity index (χ4v) is 2.51. The van der Waals surface area contributed by atoms with Crippen molar-refractivity contribution < 1.29 is 0 Å². The maximum Gasteiger partial charge on any atom is 0.349 e. The molecule has 0 aliphatic carbocycles. The summed E-state index contributed by atoms with van der Waals surface area (Å²) in [5.74, 6) is 0.331. The van der Waals surface area contributed by atoms with Crippen molar-refractivity contribution in [2.24, 2.45) is 0 Å². The minimum absolute atomic E-state index is 0.235. The maximum atomic E-state index is 11.6. The molecule has 0 saturated carbocycles. The number of halogens is 1. The van der Waals surface area contributed by atoms with E-state index in [9.17, 15) is 4.79 Å². The van der Waals surface area contributed by atoms with E-state index in [1.54, 1.807) is 10.8 Å². The van der Waals surface area contributed by atoms with Crippen molar-refractivity contribution in [1.29, 1.82) is 0 Å². The van der Waals surface area contributed by atoms with Crippen LogP contribution in [0.1, 0.15) is 58.3 Å². The van der Waals surface area contributed by atoms with Gasteiger partial charge in [0.05, 0.1) is 3.57 Å². The average Bonchev–Trinajstić information content (AvgIpc) is 2.38. The van der Waals surface area contributed by atoms with E-state index < -0.39 is 0 Å². The molecule has 0 fully saturated rings. The zero-order chi connectivity index (χ0) is 14.1. The van der Waals surface area contributed by atoms with Crippen molar-refractivity contribution in [3.05, 3.63) is 20.3 Å².